The fourth-order valence-electron chi connectivity index (χ4n) is 3.40. The number of hydrogen-bond acceptors (Lipinski definition) is 5. The number of ether oxygens (including phenoxy) is 2. The number of fused-ring (bicyclic) bond motifs is 1. The monoisotopic (exact) mass is 361 g/mol. The third kappa shape index (κ3) is 4.87. The average Bonchev–Trinajstić information content (AvgIpc) is 3.00. The second-order valence-corrected chi connectivity index (χ2v) is 6.59. The SMILES string of the molecule is O=C([O-])C(CNCc1cc(Cl)cc2c1OCC2)C1CCOCC1.[Na+]. The molecule has 7 heteroatoms. The van der Waals surface area contributed by atoms with E-state index in [2.05, 4.69) is 5.32 Å². The Morgan fingerprint density at radius 1 is 1.33 bits per heavy atom. The normalized spacial score (nSPS) is 18.4. The summed E-state index contributed by atoms with van der Waals surface area (Å²) in [4.78, 5) is 11.4. The zero-order valence-corrected chi connectivity index (χ0v) is 16.7. The van der Waals surface area contributed by atoms with E-state index in [4.69, 9.17) is 21.1 Å². The summed E-state index contributed by atoms with van der Waals surface area (Å²) < 4.78 is 11.0. The summed E-state index contributed by atoms with van der Waals surface area (Å²) in [7, 11) is 0. The van der Waals surface area contributed by atoms with Gasteiger partial charge in [0, 0.05) is 55.2 Å². The first-order chi connectivity index (χ1) is 11.1. The van der Waals surface area contributed by atoms with Crippen LogP contribution in [0.4, 0.5) is 0 Å². The van der Waals surface area contributed by atoms with E-state index in [1.807, 2.05) is 12.1 Å². The molecule has 1 saturated heterocycles. The molecule has 24 heavy (non-hydrogen) atoms. The molecule has 1 aromatic rings. The van der Waals surface area contributed by atoms with Gasteiger partial charge in [0.15, 0.2) is 0 Å². The molecule has 1 atom stereocenters. The molecule has 0 spiro atoms. The summed E-state index contributed by atoms with van der Waals surface area (Å²) in [5, 5.41) is 15.4. The van der Waals surface area contributed by atoms with Crippen molar-refractivity contribution < 1.29 is 48.9 Å². The second kappa shape index (κ2) is 9.41. The number of rotatable bonds is 6. The van der Waals surface area contributed by atoms with Crippen molar-refractivity contribution in [1.29, 1.82) is 0 Å². The average molecular weight is 362 g/mol. The van der Waals surface area contributed by atoms with Gasteiger partial charge in [0.25, 0.3) is 0 Å². The largest absolute Gasteiger partial charge is 1.00 e. The number of carboxylic acid groups (broad SMARTS) is 1. The van der Waals surface area contributed by atoms with Gasteiger partial charge in [0.1, 0.15) is 5.75 Å². The molecule has 2 heterocycles. The first kappa shape index (κ1) is 20.0. The first-order valence-corrected chi connectivity index (χ1v) is 8.46. The predicted octanol–water partition coefficient (Wildman–Crippen LogP) is -1.84. The van der Waals surface area contributed by atoms with Crippen LogP contribution in [0.3, 0.4) is 0 Å². The van der Waals surface area contributed by atoms with Crippen LogP contribution >= 0.6 is 11.6 Å². The zero-order valence-electron chi connectivity index (χ0n) is 14.0. The number of carbonyl (C=O) groups is 1. The first-order valence-electron chi connectivity index (χ1n) is 8.08. The van der Waals surface area contributed by atoms with Crippen LogP contribution in [-0.4, -0.2) is 32.3 Å². The van der Waals surface area contributed by atoms with Crippen LogP contribution in [0, 0.1) is 11.8 Å². The van der Waals surface area contributed by atoms with Crippen molar-refractivity contribution >= 4 is 17.6 Å². The van der Waals surface area contributed by atoms with Crippen LogP contribution in [0.5, 0.6) is 5.75 Å². The van der Waals surface area contributed by atoms with Crippen LogP contribution in [0.25, 0.3) is 0 Å². The van der Waals surface area contributed by atoms with Gasteiger partial charge in [-0.2, -0.15) is 0 Å². The van der Waals surface area contributed by atoms with Gasteiger partial charge >= 0.3 is 29.6 Å². The molecule has 0 aromatic heterocycles. The van der Waals surface area contributed by atoms with Gasteiger partial charge in [-0.05, 0) is 36.5 Å². The smallest absolute Gasteiger partial charge is 0.550 e. The number of carboxylic acids is 1. The quantitative estimate of drug-likeness (QED) is 0.603. The predicted molar refractivity (Wildman–Crippen MR) is 84.4 cm³/mol. The molecule has 2 aliphatic heterocycles. The maximum atomic E-state index is 11.4. The van der Waals surface area contributed by atoms with Gasteiger partial charge in [0.2, 0.25) is 0 Å². The minimum atomic E-state index is -0.989. The van der Waals surface area contributed by atoms with Crippen molar-refractivity contribution in [3.05, 3.63) is 28.3 Å². The summed E-state index contributed by atoms with van der Waals surface area (Å²) >= 11 is 6.14. The van der Waals surface area contributed by atoms with Crippen molar-refractivity contribution in [3.8, 4) is 5.75 Å². The van der Waals surface area contributed by atoms with E-state index in [1.165, 1.54) is 0 Å². The van der Waals surface area contributed by atoms with E-state index in [0.29, 0.717) is 37.9 Å². The summed E-state index contributed by atoms with van der Waals surface area (Å²) in [5.41, 5.74) is 2.10. The van der Waals surface area contributed by atoms with Crippen molar-refractivity contribution in [2.24, 2.45) is 11.8 Å². The van der Waals surface area contributed by atoms with Gasteiger partial charge in [-0.3, -0.25) is 0 Å². The Bertz CT molecular complexity index is 578. The molecule has 5 nitrogen and oxygen atoms in total. The number of benzene rings is 1. The molecule has 1 aromatic carbocycles. The molecule has 1 N–H and O–H groups in total. The van der Waals surface area contributed by atoms with Crippen molar-refractivity contribution in [1.82, 2.24) is 5.32 Å². The fraction of sp³-hybridized carbons (Fsp3) is 0.588. The van der Waals surface area contributed by atoms with Crippen LogP contribution in [0.1, 0.15) is 24.0 Å². The van der Waals surface area contributed by atoms with Gasteiger partial charge in [-0.15, -0.1) is 0 Å². The van der Waals surface area contributed by atoms with E-state index < -0.39 is 11.9 Å². The fourth-order valence-corrected chi connectivity index (χ4v) is 3.66. The van der Waals surface area contributed by atoms with Crippen molar-refractivity contribution in [3.63, 3.8) is 0 Å². The Kier molecular flexibility index (Phi) is 7.85. The zero-order chi connectivity index (χ0) is 16.2. The van der Waals surface area contributed by atoms with E-state index in [9.17, 15) is 9.90 Å². The van der Waals surface area contributed by atoms with Crippen LogP contribution < -0.4 is 44.7 Å². The van der Waals surface area contributed by atoms with Gasteiger partial charge in [-0.25, -0.2) is 0 Å². The van der Waals surface area contributed by atoms with E-state index >= 15 is 0 Å². The Balaban J connectivity index is 0.00000208. The van der Waals surface area contributed by atoms with E-state index in [-0.39, 0.29) is 35.5 Å². The third-order valence-corrected chi connectivity index (χ3v) is 4.86. The molecular weight excluding hydrogens is 341 g/mol. The molecule has 2 aliphatic rings. The Morgan fingerprint density at radius 3 is 2.79 bits per heavy atom. The van der Waals surface area contributed by atoms with E-state index in [1.54, 1.807) is 0 Å². The van der Waals surface area contributed by atoms with Crippen LogP contribution in [-0.2, 0) is 22.5 Å². The standard InChI is InChI=1S/C17H22ClNO4.Na/c18-14-7-12-3-6-23-16(12)13(8-14)9-19-10-15(17(20)21)11-1-4-22-5-2-11;/h7-8,11,15,19H,1-6,9-10H2,(H,20,21);/q;+1/p-1. The summed E-state index contributed by atoms with van der Waals surface area (Å²) in [5.74, 6) is -0.482. The van der Waals surface area contributed by atoms with Crippen molar-refractivity contribution in [2.45, 2.75) is 25.8 Å². The maximum absolute atomic E-state index is 11.4. The minimum Gasteiger partial charge on any atom is -0.550 e. The van der Waals surface area contributed by atoms with Gasteiger partial charge < -0.3 is 24.7 Å². The van der Waals surface area contributed by atoms with Crippen LogP contribution in [0.2, 0.25) is 5.02 Å². The van der Waals surface area contributed by atoms with Gasteiger partial charge in [-0.1, -0.05) is 11.6 Å². The number of carbonyl (C=O) groups excluding carboxylic acids is 1. The molecule has 0 amide bonds. The topological polar surface area (TPSA) is 70.6 Å². The van der Waals surface area contributed by atoms with Gasteiger partial charge in [0.05, 0.1) is 6.61 Å². The second-order valence-electron chi connectivity index (χ2n) is 6.16. The molecule has 0 bridgehead atoms. The number of nitrogens with one attached hydrogen (secondary N) is 1. The molecular formula is C17H21ClNNaO4. The molecule has 1 unspecified atom stereocenters. The maximum Gasteiger partial charge on any atom is 1.00 e. The Hall–Kier alpha value is -0.300. The Morgan fingerprint density at radius 2 is 2.08 bits per heavy atom. The summed E-state index contributed by atoms with van der Waals surface area (Å²) in [6.45, 7) is 2.85. The van der Waals surface area contributed by atoms with E-state index in [0.717, 1.165) is 36.1 Å². The van der Waals surface area contributed by atoms with Crippen LogP contribution in [0.15, 0.2) is 12.1 Å². The third-order valence-electron chi connectivity index (χ3n) is 4.64. The minimum absolute atomic E-state index is 0. The molecule has 0 aliphatic carbocycles. The molecule has 1 fully saturated rings. The number of hydrogen-bond donors (Lipinski definition) is 1. The summed E-state index contributed by atoms with van der Waals surface area (Å²) in [6, 6.07) is 3.81. The van der Waals surface area contributed by atoms with Crippen molar-refractivity contribution in [2.75, 3.05) is 26.4 Å². The molecule has 0 saturated carbocycles. The molecule has 0 radical (unpaired) electrons. The number of aliphatic carboxylic acids is 1. The number of halogens is 1. The molecule has 3 rings (SSSR count). The summed E-state index contributed by atoms with van der Waals surface area (Å²) in [6.07, 6.45) is 2.42. The Labute approximate surface area is 169 Å². The molecule has 126 valence electrons.